The van der Waals surface area contributed by atoms with Gasteiger partial charge in [0.1, 0.15) is 11.5 Å². The molecule has 0 bridgehead atoms. The van der Waals surface area contributed by atoms with Gasteiger partial charge in [-0.15, -0.1) is 0 Å². The zero-order valence-electron chi connectivity index (χ0n) is 26.1. The average molecular weight is 655 g/mol. The van der Waals surface area contributed by atoms with Crippen molar-refractivity contribution in [2.24, 2.45) is 0 Å². The zero-order chi connectivity index (χ0) is 30.8. The van der Waals surface area contributed by atoms with Crippen molar-refractivity contribution in [3.8, 4) is 11.5 Å². The number of hydrogen-bond acceptors (Lipinski definition) is 8. The fraction of sp³-hybridized carbons (Fsp3) is 0.562. The van der Waals surface area contributed by atoms with Crippen LogP contribution < -0.4 is 0 Å². The summed E-state index contributed by atoms with van der Waals surface area (Å²) in [7, 11) is 6.75. The minimum absolute atomic E-state index is 0.182. The Hall–Kier alpha value is -0.380. The number of aromatic hydroxyl groups is 2. The van der Waals surface area contributed by atoms with Crippen molar-refractivity contribution in [3.05, 3.63) is 57.6 Å². The number of phenols is 2. The molecule has 0 aromatic heterocycles. The van der Waals surface area contributed by atoms with E-state index in [1.807, 2.05) is 0 Å². The van der Waals surface area contributed by atoms with Crippen molar-refractivity contribution in [2.45, 2.75) is 105 Å². The molecule has 8 heteroatoms. The highest BCUT2D eigenvalue weighted by molar-refractivity contribution is 8.85. The molecule has 0 atom stereocenters. The van der Waals surface area contributed by atoms with Crippen LogP contribution in [0.15, 0.2) is 24.3 Å². The number of thiocarbonyl (C=S) groups is 2. The normalized spacial score (nSPS) is 13.0. The van der Waals surface area contributed by atoms with E-state index in [-0.39, 0.29) is 21.7 Å². The van der Waals surface area contributed by atoms with Crippen molar-refractivity contribution < 1.29 is 10.2 Å². The lowest BCUT2D eigenvalue weighted by Gasteiger charge is -2.28. The predicted molar refractivity (Wildman–Crippen MR) is 195 cm³/mol. The number of hydrogen-bond donors (Lipinski definition) is 2. The Morgan fingerprint density at radius 2 is 0.750 bits per heavy atom. The van der Waals surface area contributed by atoms with Gasteiger partial charge in [-0.3, -0.25) is 0 Å². The maximum Gasteiger partial charge on any atom is 0.123 e. The Kier molecular flexibility index (Phi) is 12.1. The van der Waals surface area contributed by atoms with Crippen LogP contribution in [0.1, 0.15) is 116 Å². The molecule has 2 aromatic rings. The first-order chi connectivity index (χ1) is 18.0. The third-order valence-corrected chi connectivity index (χ3v) is 12.8. The molecule has 0 aliphatic rings. The van der Waals surface area contributed by atoms with Gasteiger partial charge in [-0.05, 0) is 67.5 Å². The smallest absolute Gasteiger partial charge is 0.123 e. The van der Waals surface area contributed by atoms with Crippen molar-refractivity contribution >= 4 is 76.0 Å². The van der Waals surface area contributed by atoms with E-state index in [2.05, 4.69) is 107 Å². The monoisotopic (exact) mass is 654 g/mol. The summed E-state index contributed by atoms with van der Waals surface area (Å²) in [6.07, 6.45) is 0. The standard InChI is InChI=1S/C32H46O2S6/c1-29(2,3)21-15-19(16-22(25(21)33)30(4,5)6)27(35)39-37-13-14-38-40-28(36)20-17-23(31(7,8)9)26(34)24(18-20)32(10,11)12/h15-18,33-34H,13-14H2,1-12H3. The number of rotatable bonds is 7. The summed E-state index contributed by atoms with van der Waals surface area (Å²) < 4.78 is 1.67. The highest BCUT2D eigenvalue weighted by Gasteiger charge is 2.28. The quantitative estimate of drug-likeness (QED) is 0.174. The second kappa shape index (κ2) is 13.5. The van der Waals surface area contributed by atoms with E-state index in [0.29, 0.717) is 11.5 Å². The Bertz CT molecular complexity index is 1070. The predicted octanol–water partition coefficient (Wildman–Crippen LogP) is 11.1. The highest BCUT2D eigenvalue weighted by atomic mass is 33.1. The lowest BCUT2D eigenvalue weighted by atomic mass is 9.78. The van der Waals surface area contributed by atoms with Crippen LogP contribution in [0, 0.1) is 0 Å². The molecule has 0 aliphatic carbocycles. The van der Waals surface area contributed by atoms with Crippen LogP contribution in [-0.4, -0.2) is 30.1 Å². The molecular formula is C32H46O2S6. The molecule has 0 saturated heterocycles. The first-order valence-electron chi connectivity index (χ1n) is 13.5. The van der Waals surface area contributed by atoms with E-state index in [1.165, 1.54) is 0 Å². The van der Waals surface area contributed by atoms with Crippen LogP contribution in [0.25, 0.3) is 0 Å². The van der Waals surface area contributed by atoms with E-state index >= 15 is 0 Å². The first kappa shape index (κ1) is 35.8. The fourth-order valence-corrected chi connectivity index (χ4v) is 9.55. The molecule has 0 saturated carbocycles. The molecule has 0 amide bonds. The van der Waals surface area contributed by atoms with Crippen LogP contribution >= 0.6 is 67.6 Å². The Morgan fingerprint density at radius 3 is 0.950 bits per heavy atom. The summed E-state index contributed by atoms with van der Waals surface area (Å²) in [4.78, 5) is 0. The minimum Gasteiger partial charge on any atom is -0.507 e. The van der Waals surface area contributed by atoms with Gasteiger partial charge in [0.15, 0.2) is 0 Å². The van der Waals surface area contributed by atoms with Crippen LogP contribution in [0.3, 0.4) is 0 Å². The highest BCUT2D eigenvalue weighted by Crippen LogP contribution is 2.43. The molecule has 2 aromatic carbocycles. The summed E-state index contributed by atoms with van der Waals surface area (Å²) in [5.41, 5.74) is 5.00. The molecule has 0 spiro atoms. The molecular weight excluding hydrogens is 609 g/mol. The molecule has 2 N–H and O–H groups in total. The van der Waals surface area contributed by atoms with Gasteiger partial charge < -0.3 is 10.2 Å². The minimum atomic E-state index is -0.182. The first-order valence-corrected chi connectivity index (χ1v) is 18.9. The average Bonchev–Trinajstić information content (AvgIpc) is 2.78. The van der Waals surface area contributed by atoms with Gasteiger partial charge in [0.05, 0.1) is 8.39 Å². The van der Waals surface area contributed by atoms with E-state index in [1.54, 1.807) is 43.2 Å². The summed E-state index contributed by atoms with van der Waals surface area (Å²) in [6, 6.07) is 8.22. The molecule has 0 heterocycles. The molecule has 222 valence electrons. The van der Waals surface area contributed by atoms with Crippen molar-refractivity contribution in [3.63, 3.8) is 0 Å². The van der Waals surface area contributed by atoms with E-state index in [4.69, 9.17) is 24.4 Å². The van der Waals surface area contributed by atoms with Gasteiger partial charge in [0.2, 0.25) is 0 Å². The van der Waals surface area contributed by atoms with E-state index in [9.17, 15) is 10.2 Å². The maximum absolute atomic E-state index is 11.0. The van der Waals surface area contributed by atoms with Crippen LogP contribution in [0.5, 0.6) is 11.5 Å². The fourth-order valence-electron chi connectivity index (χ4n) is 4.15. The second-order valence-electron chi connectivity index (χ2n) is 14.2. The van der Waals surface area contributed by atoms with Gasteiger partial charge in [0.25, 0.3) is 0 Å². The van der Waals surface area contributed by atoms with Crippen molar-refractivity contribution in [1.29, 1.82) is 0 Å². The maximum atomic E-state index is 11.0. The van der Waals surface area contributed by atoms with Crippen LogP contribution in [0.2, 0.25) is 0 Å². The van der Waals surface area contributed by atoms with Crippen molar-refractivity contribution in [1.82, 2.24) is 0 Å². The molecule has 0 aliphatic heterocycles. The number of phenolic OH excluding ortho intramolecular Hbond substituents is 2. The molecule has 2 rings (SSSR count). The summed E-state index contributed by atoms with van der Waals surface area (Å²) in [6.45, 7) is 25.4. The van der Waals surface area contributed by atoms with Crippen LogP contribution in [0.4, 0.5) is 0 Å². The lowest BCUT2D eigenvalue weighted by Crippen LogP contribution is -2.18. The van der Waals surface area contributed by atoms with E-state index < -0.39 is 0 Å². The summed E-state index contributed by atoms with van der Waals surface area (Å²) in [5, 5.41) is 22.0. The third-order valence-electron chi connectivity index (χ3n) is 6.44. The molecule has 40 heavy (non-hydrogen) atoms. The molecule has 0 radical (unpaired) electrons. The largest absolute Gasteiger partial charge is 0.507 e. The van der Waals surface area contributed by atoms with E-state index in [0.717, 1.165) is 53.3 Å². The number of benzene rings is 2. The van der Waals surface area contributed by atoms with Gasteiger partial charge in [-0.1, -0.05) is 129 Å². The van der Waals surface area contributed by atoms with Gasteiger partial charge in [-0.25, -0.2) is 0 Å². The third kappa shape index (κ3) is 9.57. The SMILES string of the molecule is CC(C)(C)c1cc(C(=S)SSCCSSC(=S)c2cc(C(C)(C)C)c(O)c(C(C)(C)C)c2)cc(C(C)(C)C)c1O. The Morgan fingerprint density at radius 1 is 0.525 bits per heavy atom. The van der Waals surface area contributed by atoms with Gasteiger partial charge in [0, 0.05) is 44.9 Å². The van der Waals surface area contributed by atoms with Gasteiger partial charge in [-0.2, -0.15) is 0 Å². The van der Waals surface area contributed by atoms with Gasteiger partial charge >= 0.3 is 0 Å². The second-order valence-corrected chi connectivity index (χ2v) is 20.4. The Balaban J connectivity index is 2.03. The lowest BCUT2D eigenvalue weighted by molar-refractivity contribution is 0.422. The zero-order valence-corrected chi connectivity index (χ0v) is 31.0. The topological polar surface area (TPSA) is 40.5 Å². The summed E-state index contributed by atoms with van der Waals surface area (Å²) in [5.74, 6) is 2.62. The summed E-state index contributed by atoms with van der Waals surface area (Å²) >= 11 is 11.6. The van der Waals surface area contributed by atoms with Crippen LogP contribution in [-0.2, 0) is 21.7 Å². The molecule has 0 fully saturated rings. The molecule has 0 unspecified atom stereocenters. The Labute approximate surface area is 269 Å². The molecule has 2 nitrogen and oxygen atoms in total. The van der Waals surface area contributed by atoms with Crippen molar-refractivity contribution in [2.75, 3.05) is 11.5 Å².